The molecule has 0 fully saturated rings. The van der Waals surface area contributed by atoms with Crippen molar-refractivity contribution >= 4 is 17.5 Å². The Kier molecular flexibility index (Phi) is 4.81. The summed E-state index contributed by atoms with van der Waals surface area (Å²) in [6, 6.07) is 7.05. The van der Waals surface area contributed by atoms with Gasteiger partial charge in [-0.2, -0.15) is 0 Å². The standard InChI is InChI=1S/C16H19ClN4O2/c1-11(16-20-19-14-7-4-9-21(14)16)18-15(22)8-10-23-13-6-3-2-5-12(13)17/h2-3,5-6,11H,4,7-10H2,1H3,(H,18,22)/t11-/m0/s1. The van der Waals surface area contributed by atoms with Crippen LogP contribution < -0.4 is 10.1 Å². The van der Waals surface area contributed by atoms with Crippen LogP contribution in [0.2, 0.25) is 5.02 Å². The van der Waals surface area contributed by atoms with Gasteiger partial charge in [-0.1, -0.05) is 23.7 Å². The van der Waals surface area contributed by atoms with E-state index in [9.17, 15) is 4.79 Å². The van der Waals surface area contributed by atoms with E-state index in [0.717, 1.165) is 31.0 Å². The van der Waals surface area contributed by atoms with Gasteiger partial charge in [-0.25, -0.2) is 0 Å². The van der Waals surface area contributed by atoms with E-state index < -0.39 is 0 Å². The summed E-state index contributed by atoms with van der Waals surface area (Å²) in [5, 5.41) is 11.8. The van der Waals surface area contributed by atoms with Crippen molar-refractivity contribution in [3.05, 3.63) is 40.9 Å². The van der Waals surface area contributed by atoms with Gasteiger partial charge in [0.1, 0.15) is 11.6 Å². The summed E-state index contributed by atoms with van der Waals surface area (Å²) in [4.78, 5) is 12.0. The van der Waals surface area contributed by atoms with Crippen LogP contribution >= 0.6 is 11.6 Å². The number of carbonyl (C=O) groups excluding carboxylic acids is 1. The average molecular weight is 335 g/mol. The maximum atomic E-state index is 12.0. The largest absolute Gasteiger partial charge is 0.491 e. The summed E-state index contributed by atoms with van der Waals surface area (Å²) in [6.07, 6.45) is 2.31. The predicted octanol–water partition coefficient (Wildman–Crippen LogP) is 2.52. The number of fused-ring (bicyclic) bond motifs is 1. The van der Waals surface area contributed by atoms with Gasteiger partial charge in [-0.3, -0.25) is 4.79 Å². The first-order valence-electron chi connectivity index (χ1n) is 7.74. The van der Waals surface area contributed by atoms with Crippen LogP contribution in [0.15, 0.2) is 24.3 Å². The minimum atomic E-state index is -0.165. The fraction of sp³-hybridized carbons (Fsp3) is 0.438. The quantitative estimate of drug-likeness (QED) is 0.881. The van der Waals surface area contributed by atoms with Crippen molar-refractivity contribution in [1.82, 2.24) is 20.1 Å². The highest BCUT2D eigenvalue weighted by molar-refractivity contribution is 6.32. The molecule has 1 aliphatic rings. The second-order valence-electron chi connectivity index (χ2n) is 5.55. The molecule has 122 valence electrons. The van der Waals surface area contributed by atoms with Crippen molar-refractivity contribution < 1.29 is 9.53 Å². The fourth-order valence-corrected chi connectivity index (χ4v) is 2.88. The van der Waals surface area contributed by atoms with E-state index in [0.29, 0.717) is 10.8 Å². The molecule has 0 radical (unpaired) electrons. The third-order valence-electron chi connectivity index (χ3n) is 3.83. The molecule has 2 aromatic rings. The Morgan fingerprint density at radius 3 is 3.09 bits per heavy atom. The highest BCUT2D eigenvalue weighted by atomic mass is 35.5. The zero-order valence-corrected chi connectivity index (χ0v) is 13.7. The number of nitrogens with zero attached hydrogens (tertiary/aromatic N) is 3. The summed E-state index contributed by atoms with van der Waals surface area (Å²) in [6.45, 7) is 3.12. The zero-order chi connectivity index (χ0) is 16.2. The van der Waals surface area contributed by atoms with Gasteiger partial charge in [0, 0.05) is 13.0 Å². The lowest BCUT2D eigenvalue weighted by atomic mass is 10.3. The van der Waals surface area contributed by atoms with Gasteiger partial charge in [-0.15, -0.1) is 10.2 Å². The number of para-hydroxylation sites is 1. The molecule has 0 saturated carbocycles. The van der Waals surface area contributed by atoms with E-state index >= 15 is 0 Å². The highest BCUT2D eigenvalue weighted by Crippen LogP contribution is 2.23. The van der Waals surface area contributed by atoms with Crippen LogP contribution in [0.1, 0.15) is 37.5 Å². The minimum absolute atomic E-state index is 0.0834. The van der Waals surface area contributed by atoms with Crippen molar-refractivity contribution in [2.45, 2.75) is 38.8 Å². The lowest BCUT2D eigenvalue weighted by Crippen LogP contribution is -2.29. The Morgan fingerprint density at radius 2 is 2.26 bits per heavy atom. The van der Waals surface area contributed by atoms with Crippen molar-refractivity contribution in [2.24, 2.45) is 0 Å². The van der Waals surface area contributed by atoms with E-state index in [2.05, 4.69) is 20.1 Å². The van der Waals surface area contributed by atoms with Gasteiger partial charge < -0.3 is 14.6 Å². The summed E-state index contributed by atoms with van der Waals surface area (Å²) < 4.78 is 7.62. The van der Waals surface area contributed by atoms with E-state index in [1.54, 1.807) is 12.1 Å². The van der Waals surface area contributed by atoms with Crippen LogP contribution in [0.3, 0.4) is 0 Å². The topological polar surface area (TPSA) is 69.0 Å². The van der Waals surface area contributed by atoms with Crippen LogP contribution in [-0.4, -0.2) is 27.3 Å². The Morgan fingerprint density at radius 1 is 1.43 bits per heavy atom. The number of ether oxygens (including phenoxy) is 1. The number of benzene rings is 1. The predicted molar refractivity (Wildman–Crippen MR) is 86.5 cm³/mol. The maximum absolute atomic E-state index is 12.0. The molecule has 0 aliphatic carbocycles. The molecular formula is C16H19ClN4O2. The highest BCUT2D eigenvalue weighted by Gasteiger charge is 2.22. The molecule has 0 spiro atoms. The molecule has 0 unspecified atom stereocenters. The van der Waals surface area contributed by atoms with Gasteiger partial charge in [0.15, 0.2) is 5.82 Å². The second-order valence-corrected chi connectivity index (χ2v) is 5.95. The van der Waals surface area contributed by atoms with Gasteiger partial charge in [-0.05, 0) is 25.5 Å². The van der Waals surface area contributed by atoms with Crippen LogP contribution in [0.4, 0.5) is 0 Å². The molecule has 1 aromatic heterocycles. The summed E-state index contributed by atoms with van der Waals surface area (Å²) in [5.74, 6) is 2.33. The first-order chi connectivity index (χ1) is 11.1. The molecule has 0 bridgehead atoms. The normalized spacial score (nSPS) is 14.3. The second kappa shape index (κ2) is 7.00. The number of halogens is 1. The van der Waals surface area contributed by atoms with Gasteiger partial charge in [0.2, 0.25) is 5.91 Å². The molecule has 7 heteroatoms. The van der Waals surface area contributed by atoms with Gasteiger partial charge in [0.25, 0.3) is 0 Å². The van der Waals surface area contributed by atoms with Crippen molar-refractivity contribution in [3.8, 4) is 5.75 Å². The molecule has 6 nitrogen and oxygen atoms in total. The van der Waals surface area contributed by atoms with Crippen molar-refractivity contribution in [1.29, 1.82) is 0 Å². The molecule has 0 saturated heterocycles. The van der Waals surface area contributed by atoms with E-state index in [1.165, 1.54) is 0 Å². The number of hydrogen-bond donors (Lipinski definition) is 1. The first kappa shape index (κ1) is 15.8. The molecule has 1 aliphatic heterocycles. The third kappa shape index (κ3) is 3.64. The maximum Gasteiger partial charge on any atom is 0.224 e. The smallest absolute Gasteiger partial charge is 0.224 e. The number of nitrogens with one attached hydrogen (secondary N) is 1. The Bertz CT molecular complexity index is 701. The number of amides is 1. The molecule has 3 rings (SSSR count). The first-order valence-corrected chi connectivity index (χ1v) is 8.11. The molecule has 1 aromatic carbocycles. The monoisotopic (exact) mass is 334 g/mol. The Balaban J connectivity index is 1.48. The van der Waals surface area contributed by atoms with Crippen LogP contribution in [0, 0.1) is 0 Å². The molecule has 1 atom stereocenters. The van der Waals surface area contributed by atoms with Crippen molar-refractivity contribution in [3.63, 3.8) is 0 Å². The summed E-state index contributed by atoms with van der Waals surface area (Å²) in [5.41, 5.74) is 0. The molecular weight excluding hydrogens is 316 g/mol. The van der Waals surface area contributed by atoms with Crippen molar-refractivity contribution in [2.75, 3.05) is 6.61 Å². The SMILES string of the molecule is C[C@H](NC(=O)CCOc1ccccc1Cl)c1nnc2n1CCC2. The minimum Gasteiger partial charge on any atom is -0.491 e. The molecule has 1 amide bonds. The summed E-state index contributed by atoms with van der Waals surface area (Å²) >= 11 is 6.00. The fourth-order valence-electron chi connectivity index (χ4n) is 2.69. The molecule has 23 heavy (non-hydrogen) atoms. The molecule has 2 heterocycles. The number of rotatable bonds is 6. The van der Waals surface area contributed by atoms with E-state index in [1.807, 2.05) is 19.1 Å². The van der Waals surface area contributed by atoms with Gasteiger partial charge >= 0.3 is 0 Å². The van der Waals surface area contributed by atoms with Crippen LogP contribution in [0.5, 0.6) is 5.75 Å². The Hall–Kier alpha value is -2.08. The number of carbonyl (C=O) groups is 1. The summed E-state index contributed by atoms with van der Waals surface area (Å²) in [7, 11) is 0. The third-order valence-corrected chi connectivity index (χ3v) is 4.14. The van der Waals surface area contributed by atoms with Crippen LogP contribution in [-0.2, 0) is 17.8 Å². The Labute approximate surface area is 139 Å². The number of aromatic nitrogens is 3. The molecule has 1 N–H and O–H groups in total. The lowest BCUT2D eigenvalue weighted by molar-refractivity contribution is -0.122. The van der Waals surface area contributed by atoms with E-state index in [4.69, 9.17) is 16.3 Å². The van der Waals surface area contributed by atoms with E-state index in [-0.39, 0.29) is 25.0 Å². The number of hydrogen-bond acceptors (Lipinski definition) is 4. The van der Waals surface area contributed by atoms with Crippen LogP contribution in [0.25, 0.3) is 0 Å². The zero-order valence-electron chi connectivity index (χ0n) is 13.0. The average Bonchev–Trinajstić information content (AvgIpc) is 3.12. The lowest BCUT2D eigenvalue weighted by Gasteiger charge is -2.14. The van der Waals surface area contributed by atoms with Gasteiger partial charge in [0.05, 0.1) is 24.1 Å². The number of aryl methyl sites for hydroxylation is 1.